The number of carboxylic acid groups (broad SMARTS) is 1. The lowest BCUT2D eigenvalue weighted by molar-refractivity contribution is -0.140. The highest BCUT2D eigenvalue weighted by Crippen LogP contribution is 2.42. The van der Waals surface area contributed by atoms with Crippen molar-refractivity contribution in [1.82, 2.24) is 0 Å². The van der Waals surface area contributed by atoms with Gasteiger partial charge in [0.1, 0.15) is 11.9 Å². The fourth-order valence-electron chi connectivity index (χ4n) is 3.27. The second-order valence-electron chi connectivity index (χ2n) is 6.16. The number of aliphatic carboxylic acids is 1. The Hall–Kier alpha value is -2.42. The van der Waals surface area contributed by atoms with Crippen molar-refractivity contribution in [2.75, 3.05) is 5.32 Å². The number of carbonyl (C=O) groups is 2. The van der Waals surface area contributed by atoms with Gasteiger partial charge in [0, 0.05) is 12.1 Å². The molecule has 6 heteroatoms. The number of rotatable bonds is 5. The molecule has 5 nitrogen and oxygen atoms in total. The van der Waals surface area contributed by atoms with Crippen LogP contribution in [0.1, 0.15) is 50.5 Å². The Bertz CT molecular complexity index is 646. The first-order valence-electron chi connectivity index (χ1n) is 7.65. The van der Waals surface area contributed by atoms with Crippen LogP contribution in [0.4, 0.5) is 10.1 Å². The molecule has 0 atom stereocenters. The van der Waals surface area contributed by atoms with Gasteiger partial charge in [0.2, 0.25) is 5.91 Å². The highest BCUT2D eigenvalue weighted by Gasteiger charge is 2.36. The monoisotopic (exact) mass is 318 g/mol. The zero-order chi connectivity index (χ0) is 16.9. The number of halogens is 1. The van der Waals surface area contributed by atoms with Crippen LogP contribution in [0.5, 0.6) is 0 Å². The van der Waals surface area contributed by atoms with Crippen LogP contribution >= 0.6 is 0 Å². The minimum atomic E-state index is -0.895. The highest BCUT2D eigenvalue weighted by atomic mass is 19.1. The summed E-state index contributed by atoms with van der Waals surface area (Å²) in [7, 11) is 0. The maximum absolute atomic E-state index is 13.3. The molecule has 1 aromatic rings. The Morgan fingerprint density at radius 1 is 1.26 bits per heavy atom. The third-order valence-corrected chi connectivity index (χ3v) is 4.35. The number of carboxylic acids is 1. The number of hydrogen-bond donors (Lipinski definition) is 2. The van der Waals surface area contributed by atoms with E-state index in [2.05, 4.69) is 5.32 Å². The molecule has 1 fully saturated rings. The molecule has 0 radical (unpaired) electrons. The van der Waals surface area contributed by atoms with E-state index in [-0.39, 0.29) is 24.3 Å². The van der Waals surface area contributed by atoms with Gasteiger partial charge in [0.25, 0.3) is 0 Å². The number of nitriles is 1. The average Bonchev–Trinajstić information content (AvgIpc) is 2.49. The average molecular weight is 318 g/mol. The Morgan fingerprint density at radius 3 is 2.57 bits per heavy atom. The van der Waals surface area contributed by atoms with Gasteiger partial charge in [-0.05, 0) is 36.5 Å². The summed E-state index contributed by atoms with van der Waals surface area (Å²) in [6.07, 6.45) is 4.46. The van der Waals surface area contributed by atoms with E-state index in [1.807, 2.05) is 0 Å². The van der Waals surface area contributed by atoms with E-state index in [4.69, 9.17) is 10.4 Å². The van der Waals surface area contributed by atoms with E-state index >= 15 is 0 Å². The Balaban J connectivity index is 2.07. The quantitative estimate of drug-likeness (QED) is 0.870. The van der Waals surface area contributed by atoms with Crippen LogP contribution in [0.25, 0.3) is 0 Å². The molecule has 1 aliphatic carbocycles. The van der Waals surface area contributed by atoms with Crippen molar-refractivity contribution in [2.24, 2.45) is 5.41 Å². The third-order valence-electron chi connectivity index (χ3n) is 4.35. The zero-order valence-electron chi connectivity index (χ0n) is 12.8. The number of hydrogen-bond acceptors (Lipinski definition) is 3. The predicted molar refractivity (Wildman–Crippen MR) is 82.1 cm³/mol. The van der Waals surface area contributed by atoms with Gasteiger partial charge in [0.05, 0.1) is 12.0 Å². The van der Waals surface area contributed by atoms with E-state index in [0.29, 0.717) is 5.69 Å². The molecule has 23 heavy (non-hydrogen) atoms. The van der Waals surface area contributed by atoms with Crippen LogP contribution in [0.15, 0.2) is 18.2 Å². The van der Waals surface area contributed by atoms with E-state index in [0.717, 1.165) is 38.2 Å². The van der Waals surface area contributed by atoms with Gasteiger partial charge in [0.15, 0.2) is 0 Å². The molecule has 0 unspecified atom stereocenters. The van der Waals surface area contributed by atoms with Crippen LogP contribution in [0.3, 0.4) is 0 Å². The van der Waals surface area contributed by atoms with E-state index < -0.39 is 17.2 Å². The second kappa shape index (κ2) is 7.23. The molecular formula is C17H19FN2O3. The number of benzene rings is 1. The smallest absolute Gasteiger partial charge is 0.303 e. The van der Waals surface area contributed by atoms with Crippen LogP contribution in [0, 0.1) is 22.6 Å². The lowest BCUT2D eigenvalue weighted by Gasteiger charge is -2.35. The molecule has 0 spiro atoms. The molecule has 0 saturated heterocycles. The lowest BCUT2D eigenvalue weighted by Crippen LogP contribution is -2.32. The first-order chi connectivity index (χ1) is 10.9. The van der Waals surface area contributed by atoms with Crippen molar-refractivity contribution in [3.8, 4) is 6.07 Å². The Morgan fingerprint density at radius 2 is 1.96 bits per heavy atom. The number of nitrogens with one attached hydrogen (secondary N) is 1. The summed E-state index contributed by atoms with van der Waals surface area (Å²) in [4.78, 5) is 23.4. The molecule has 122 valence electrons. The van der Waals surface area contributed by atoms with Crippen LogP contribution in [0.2, 0.25) is 0 Å². The van der Waals surface area contributed by atoms with Gasteiger partial charge < -0.3 is 10.4 Å². The lowest BCUT2D eigenvalue weighted by atomic mass is 9.69. The predicted octanol–water partition coefficient (Wildman–Crippen LogP) is 3.45. The van der Waals surface area contributed by atoms with E-state index in [1.165, 1.54) is 12.1 Å². The summed E-state index contributed by atoms with van der Waals surface area (Å²) in [5.41, 5.74) is -0.304. The molecule has 0 aromatic heterocycles. The molecule has 0 heterocycles. The van der Waals surface area contributed by atoms with Crippen molar-refractivity contribution in [3.05, 3.63) is 29.6 Å². The Labute approximate surface area is 134 Å². The maximum atomic E-state index is 13.3. The topological polar surface area (TPSA) is 90.2 Å². The van der Waals surface area contributed by atoms with Crippen molar-refractivity contribution >= 4 is 17.6 Å². The molecule has 1 saturated carbocycles. The maximum Gasteiger partial charge on any atom is 0.303 e. The summed E-state index contributed by atoms with van der Waals surface area (Å²) in [5, 5.41) is 20.6. The van der Waals surface area contributed by atoms with Gasteiger partial charge in [-0.3, -0.25) is 9.59 Å². The van der Waals surface area contributed by atoms with Crippen molar-refractivity contribution < 1.29 is 19.1 Å². The summed E-state index contributed by atoms with van der Waals surface area (Å²) in [6, 6.07) is 5.51. The molecule has 1 aliphatic rings. The molecule has 2 rings (SSSR count). The van der Waals surface area contributed by atoms with Crippen LogP contribution in [-0.4, -0.2) is 17.0 Å². The first-order valence-corrected chi connectivity index (χ1v) is 7.65. The number of nitrogens with zero attached hydrogens (tertiary/aromatic N) is 1. The first kappa shape index (κ1) is 16.9. The number of amides is 1. The van der Waals surface area contributed by atoms with Gasteiger partial charge in [-0.15, -0.1) is 0 Å². The minimum absolute atomic E-state index is 0.0206. The number of carbonyl (C=O) groups excluding carboxylic acids is 1. The van der Waals surface area contributed by atoms with Crippen molar-refractivity contribution in [2.45, 2.75) is 44.9 Å². The summed E-state index contributed by atoms with van der Waals surface area (Å²) < 4.78 is 13.3. The molecule has 0 bridgehead atoms. The van der Waals surface area contributed by atoms with Gasteiger partial charge in [-0.2, -0.15) is 5.26 Å². The normalized spacial score (nSPS) is 16.3. The highest BCUT2D eigenvalue weighted by molar-refractivity contribution is 5.91. The summed E-state index contributed by atoms with van der Waals surface area (Å²) in [5.74, 6) is -1.84. The summed E-state index contributed by atoms with van der Waals surface area (Å²) in [6.45, 7) is 0. The van der Waals surface area contributed by atoms with Gasteiger partial charge >= 0.3 is 5.97 Å². The number of anilines is 1. The van der Waals surface area contributed by atoms with Crippen LogP contribution < -0.4 is 5.32 Å². The Kier molecular flexibility index (Phi) is 5.32. The van der Waals surface area contributed by atoms with E-state index in [9.17, 15) is 14.0 Å². The molecule has 0 aliphatic heterocycles. The van der Waals surface area contributed by atoms with E-state index in [1.54, 1.807) is 6.07 Å². The minimum Gasteiger partial charge on any atom is -0.481 e. The molecule has 1 amide bonds. The van der Waals surface area contributed by atoms with Crippen LogP contribution in [-0.2, 0) is 9.59 Å². The van der Waals surface area contributed by atoms with Gasteiger partial charge in [-0.1, -0.05) is 19.3 Å². The molecule has 2 N–H and O–H groups in total. The van der Waals surface area contributed by atoms with Crippen molar-refractivity contribution in [1.29, 1.82) is 5.26 Å². The summed E-state index contributed by atoms with van der Waals surface area (Å²) >= 11 is 0. The van der Waals surface area contributed by atoms with Gasteiger partial charge in [-0.25, -0.2) is 4.39 Å². The standard InChI is InChI=1S/C17H19FN2O3/c18-14-5-4-13(8-12(14)11-19)20-15(21)9-17(10-16(22)23)6-2-1-3-7-17/h4-5,8H,1-3,6-7,9-10H2,(H,20,21)(H,22,23). The largest absolute Gasteiger partial charge is 0.481 e. The third kappa shape index (κ3) is 4.52. The molecular weight excluding hydrogens is 299 g/mol. The fraction of sp³-hybridized carbons (Fsp3) is 0.471. The SMILES string of the molecule is N#Cc1cc(NC(=O)CC2(CC(=O)O)CCCCC2)ccc1F. The zero-order valence-corrected chi connectivity index (χ0v) is 12.8. The second-order valence-corrected chi connectivity index (χ2v) is 6.16. The molecule has 1 aromatic carbocycles. The van der Waals surface area contributed by atoms with Crippen molar-refractivity contribution in [3.63, 3.8) is 0 Å². The fourth-order valence-corrected chi connectivity index (χ4v) is 3.27.